The monoisotopic (exact) mass is 875 g/mol. The first kappa shape index (κ1) is 59.3. The van der Waals surface area contributed by atoms with Crippen LogP contribution in [0.2, 0.25) is 0 Å². The van der Waals surface area contributed by atoms with Crippen LogP contribution in [-0.2, 0) is 28.6 Å². The molecule has 0 aliphatic rings. The summed E-state index contributed by atoms with van der Waals surface area (Å²) in [7, 11) is 0. The van der Waals surface area contributed by atoms with Gasteiger partial charge in [0.2, 0.25) is 0 Å². The molecular weight excluding hydrogens is 781 g/mol. The Morgan fingerprint density at radius 2 is 0.714 bits per heavy atom. The van der Waals surface area contributed by atoms with Crippen LogP contribution in [0, 0.1) is 0 Å². The average molecular weight is 875 g/mol. The van der Waals surface area contributed by atoms with E-state index in [-0.39, 0.29) is 31.1 Å². The fourth-order valence-corrected chi connectivity index (χ4v) is 6.80. The quantitative estimate of drug-likeness (QED) is 0.0199. The number of unbranched alkanes of at least 4 members (excludes halogenated alkanes) is 22. The normalized spacial score (nSPS) is 12.9. The van der Waals surface area contributed by atoms with E-state index in [0.717, 1.165) is 109 Å². The molecule has 0 aliphatic carbocycles. The summed E-state index contributed by atoms with van der Waals surface area (Å²) in [6.45, 7) is 6.36. The van der Waals surface area contributed by atoms with Crippen molar-refractivity contribution in [1.29, 1.82) is 0 Å². The maximum absolute atomic E-state index is 12.8. The summed E-state index contributed by atoms with van der Waals surface area (Å²) in [6, 6.07) is 0. The molecule has 0 radical (unpaired) electrons. The number of esters is 3. The number of carbonyl (C=O) groups is 3. The van der Waals surface area contributed by atoms with Crippen LogP contribution in [0.3, 0.4) is 0 Å². The number of ether oxygens (including phenoxy) is 3. The highest BCUT2D eigenvalue weighted by molar-refractivity contribution is 5.71. The van der Waals surface area contributed by atoms with E-state index >= 15 is 0 Å². The molecule has 0 bridgehead atoms. The Hall–Kier alpha value is -3.67. The number of rotatable bonds is 45. The Morgan fingerprint density at radius 3 is 1.21 bits per heavy atom. The molecule has 0 aromatic rings. The molecule has 0 saturated heterocycles. The van der Waals surface area contributed by atoms with Crippen molar-refractivity contribution < 1.29 is 28.6 Å². The number of hydrogen-bond acceptors (Lipinski definition) is 6. The number of hydrogen-bond donors (Lipinski definition) is 0. The smallest absolute Gasteiger partial charge is 0.306 e. The molecule has 0 fully saturated rings. The van der Waals surface area contributed by atoms with Gasteiger partial charge in [-0.2, -0.15) is 0 Å². The van der Waals surface area contributed by atoms with E-state index in [1.54, 1.807) is 0 Å². The van der Waals surface area contributed by atoms with Crippen molar-refractivity contribution in [3.05, 3.63) is 97.2 Å². The predicted molar refractivity (Wildman–Crippen MR) is 270 cm³/mol. The molecule has 358 valence electrons. The molecule has 0 aromatic carbocycles. The summed E-state index contributed by atoms with van der Waals surface area (Å²) >= 11 is 0. The lowest BCUT2D eigenvalue weighted by Crippen LogP contribution is -2.30. The highest BCUT2D eigenvalue weighted by atomic mass is 16.6. The van der Waals surface area contributed by atoms with Gasteiger partial charge in [0.1, 0.15) is 13.2 Å². The SMILES string of the molecule is CC/C=C\C/C=C\CCCCC(=O)OCC(COC(=O)CCCCCCC\C=C/C=C\C=C/C=C\C=C/CCC)OC(=O)CCCCCCC/C=C\CCCCCCCCCCC. The van der Waals surface area contributed by atoms with Gasteiger partial charge in [0.05, 0.1) is 0 Å². The first-order valence-corrected chi connectivity index (χ1v) is 25.8. The molecule has 0 aliphatic heterocycles. The zero-order valence-corrected chi connectivity index (χ0v) is 40.8. The van der Waals surface area contributed by atoms with E-state index < -0.39 is 6.10 Å². The van der Waals surface area contributed by atoms with Crippen LogP contribution >= 0.6 is 0 Å². The van der Waals surface area contributed by atoms with E-state index in [0.29, 0.717) is 19.3 Å². The highest BCUT2D eigenvalue weighted by Crippen LogP contribution is 2.14. The molecule has 0 rings (SSSR count). The Labute approximate surface area is 387 Å². The van der Waals surface area contributed by atoms with Crippen LogP contribution < -0.4 is 0 Å². The lowest BCUT2D eigenvalue weighted by Gasteiger charge is -2.18. The molecule has 0 spiro atoms. The summed E-state index contributed by atoms with van der Waals surface area (Å²) in [5, 5.41) is 0. The first-order valence-electron chi connectivity index (χ1n) is 25.8. The maximum atomic E-state index is 12.8. The second-order valence-electron chi connectivity index (χ2n) is 16.8. The first-order chi connectivity index (χ1) is 31.0. The predicted octanol–water partition coefficient (Wildman–Crippen LogP) is 17.0. The van der Waals surface area contributed by atoms with Crippen molar-refractivity contribution in [3.63, 3.8) is 0 Å². The van der Waals surface area contributed by atoms with Crippen LogP contribution in [0.15, 0.2) is 97.2 Å². The summed E-state index contributed by atoms with van der Waals surface area (Å²) in [4.78, 5) is 37.9. The van der Waals surface area contributed by atoms with E-state index in [4.69, 9.17) is 14.2 Å². The molecule has 0 heterocycles. The van der Waals surface area contributed by atoms with E-state index in [9.17, 15) is 14.4 Å². The van der Waals surface area contributed by atoms with Gasteiger partial charge in [-0.1, -0.05) is 214 Å². The Kier molecular flexibility index (Phi) is 48.0. The third kappa shape index (κ3) is 49.2. The molecule has 6 heteroatoms. The molecule has 0 N–H and O–H groups in total. The van der Waals surface area contributed by atoms with Crippen molar-refractivity contribution in [2.75, 3.05) is 13.2 Å². The van der Waals surface area contributed by atoms with Gasteiger partial charge >= 0.3 is 17.9 Å². The fourth-order valence-electron chi connectivity index (χ4n) is 6.80. The second-order valence-corrected chi connectivity index (χ2v) is 16.8. The number of carbonyl (C=O) groups excluding carboxylic acids is 3. The molecule has 1 atom stereocenters. The van der Waals surface area contributed by atoms with Crippen molar-refractivity contribution >= 4 is 17.9 Å². The standard InChI is InChI=1S/C57H94O6/c1-4-7-10-13-16-19-21-23-25-27-29-31-33-35-38-41-44-47-50-56(59)62-53-54(52-61-55(58)49-46-43-40-37-18-15-12-9-6-3)63-57(60)51-48-45-42-39-36-34-32-30-28-26-24-22-20-17-14-11-8-5-2/h9-10,12-13,16,18-19,21,23,25,27,29-32,37,54H,4-8,11,14-15,17,20,22,24,26,28,33-36,38-53H2,1-3H3/b12-9-,13-10-,19-16-,23-21-,27-25-,31-29-,32-30-,37-18-. The third-order valence-electron chi connectivity index (χ3n) is 10.7. The van der Waals surface area contributed by atoms with Gasteiger partial charge in [0, 0.05) is 19.3 Å². The molecule has 0 aromatic heterocycles. The van der Waals surface area contributed by atoms with Gasteiger partial charge in [-0.15, -0.1) is 0 Å². The van der Waals surface area contributed by atoms with Crippen molar-refractivity contribution in [1.82, 2.24) is 0 Å². The van der Waals surface area contributed by atoms with E-state index in [2.05, 4.69) is 87.6 Å². The minimum absolute atomic E-state index is 0.106. The van der Waals surface area contributed by atoms with Crippen LogP contribution in [-0.4, -0.2) is 37.2 Å². The molecule has 0 amide bonds. The van der Waals surface area contributed by atoms with Crippen molar-refractivity contribution in [3.8, 4) is 0 Å². The third-order valence-corrected chi connectivity index (χ3v) is 10.7. The van der Waals surface area contributed by atoms with Gasteiger partial charge in [-0.25, -0.2) is 0 Å². The molecule has 1 unspecified atom stereocenters. The zero-order valence-electron chi connectivity index (χ0n) is 40.8. The van der Waals surface area contributed by atoms with E-state index in [1.807, 2.05) is 30.4 Å². The minimum Gasteiger partial charge on any atom is -0.462 e. The summed E-state index contributed by atoms with van der Waals surface area (Å²) in [5.74, 6) is -0.978. The Morgan fingerprint density at radius 1 is 0.349 bits per heavy atom. The molecule has 0 saturated carbocycles. The molecular formula is C57H94O6. The van der Waals surface area contributed by atoms with E-state index in [1.165, 1.54) is 77.0 Å². The molecule has 6 nitrogen and oxygen atoms in total. The maximum Gasteiger partial charge on any atom is 0.306 e. The van der Waals surface area contributed by atoms with Crippen LogP contribution in [0.25, 0.3) is 0 Å². The summed E-state index contributed by atoms with van der Waals surface area (Å²) in [5.41, 5.74) is 0. The minimum atomic E-state index is -0.805. The summed E-state index contributed by atoms with van der Waals surface area (Å²) in [6.07, 6.45) is 66.9. The van der Waals surface area contributed by atoms with Crippen molar-refractivity contribution in [2.45, 2.75) is 232 Å². The number of allylic oxidation sites excluding steroid dienone is 16. The van der Waals surface area contributed by atoms with Crippen molar-refractivity contribution in [2.24, 2.45) is 0 Å². The van der Waals surface area contributed by atoms with Crippen LogP contribution in [0.4, 0.5) is 0 Å². The Balaban J connectivity index is 4.42. The van der Waals surface area contributed by atoms with Gasteiger partial charge < -0.3 is 14.2 Å². The van der Waals surface area contributed by atoms with Gasteiger partial charge in [0.15, 0.2) is 6.10 Å². The van der Waals surface area contributed by atoms with Crippen LogP contribution in [0.5, 0.6) is 0 Å². The fraction of sp³-hybridized carbons (Fsp3) is 0.667. The average Bonchev–Trinajstić information content (AvgIpc) is 3.28. The highest BCUT2D eigenvalue weighted by Gasteiger charge is 2.19. The Bertz CT molecular complexity index is 1280. The van der Waals surface area contributed by atoms with Gasteiger partial charge in [0.25, 0.3) is 0 Å². The lowest BCUT2D eigenvalue weighted by molar-refractivity contribution is -0.167. The molecule has 63 heavy (non-hydrogen) atoms. The second kappa shape index (κ2) is 51.0. The van der Waals surface area contributed by atoms with Gasteiger partial charge in [-0.05, 0) is 89.9 Å². The largest absolute Gasteiger partial charge is 0.462 e. The van der Waals surface area contributed by atoms with Crippen LogP contribution in [0.1, 0.15) is 226 Å². The topological polar surface area (TPSA) is 78.9 Å². The lowest BCUT2D eigenvalue weighted by atomic mass is 10.1. The van der Waals surface area contributed by atoms with Gasteiger partial charge in [-0.3, -0.25) is 14.4 Å². The summed E-state index contributed by atoms with van der Waals surface area (Å²) < 4.78 is 16.7. The zero-order chi connectivity index (χ0) is 45.8.